The monoisotopic (exact) mass is 367 g/mol. The molecule has 0 aliphatic rings. The molecule has 2 rings (SSSR count). The zero-order chi connectivity index (χ0) is 16.3. The van der Waals surface area contributed by atoms with Crippen molar-refractivity contribution in [3.8, 4) is 0 Å². The fourth-order valence-corrected chi connectivity index (χ4v) is 2.48. The van der Waals surface area contributed by atoms with Gasteiger partial charge in [0.05, 0.1) is 0 Å². The average molecular weight is 368 g/mol. The van der Waals surface area contributed by atoms with E-state index in [-0.39, 0.29) is 18.5 Å². The largest absolute Gasteiger partial charge is 0.481 e. The standard InChI is InChI=1S/C15H14BrNO5/c1-8-10-7-9(16)4-5-11(10)22-15(21)13(8)14(20)17-6-2-3-12(18)19/h4-5,7H,2-3,6H2,1H3,(H,17,20)(H,18,19). The van der Waals surface area contributed by atoms with E-state index in [1.165, 1.54) is 0 Å². The van der Waals surface area contributed by atoms with Crippen LogP contribution in [0.3, 0.4) is 0 Å². The van der Waals surface area contributed by atoms with Crippen LogP contribution in [0.5, 0.6) is 0 Å². The lowest BCUT2D eigenvalue weighted by molar-refractivity contribution is -0.137. The number of aryl methyl sites for hydroxylation is 1. The molecule has 0 fully saturated rings. The Bertz CT molecular complexity index is 796. The third kappa shape index (κ3) is 3.54. The average Bonchev–Trinajstić information content (AvgIpc) is 2.44. The molecule has 0 bridgehead atoms. The van der Waals surface area contributed by atoms with Crippen LogP contribution in [-0.2, 0) is 4.79 Å². The number of fused-ring (bicyclic) bond motifs is 1. The van der Waals surface area contributed by atoms with Crippen molar-refractivity contribution < 1.29 is 19.1 Å². The molecule has 1 amide bonds. The summed E-state index contributed by atoms with van der Waals surface area (Å²) in [5.41, 5.74) is 0.181. The molecule has 22 heavy (non-hydrogen) atoms. The van der Waals surface area contributed by atoms with E-state index in [4.69, 9.17) is 9.52 Å². The minimum absolute atomic E-state index is 0.0431. The Labute approximate surface area is 134 Å². The molecule has 0 spiro atoms. The predicted molar refractivity (Wildman–Crippen MR) is 84.1 cm³/mol. The van der Waals surface area contributed by atoms with Gasteiger partial charge in [0.2, 0.25) is 0 Å². The lowest BCUT2D eigenvalue weighted by Crippen LogP contribution is -2.30. The first-order chi connectivity index (χ1) is 10.4. The van der Waals surface area contributed by atoms with Gasteiger partial charge in [-0.1, -0.05) is 15.9 Å². The van der Waals surface area contributed by atoms with Crippen LogP contribution in [0.15, 0.2) is 31.9 Å². The van der Waals surface area contributed by atoms with Crippen LogP contribution in [0.25, 0.3) is 11.0 Å². The van der Waals surface area contributed by atoms with E-state index in [2.05, 4.69) is 21.2 Å². The van der Waals surface area contributed by atoms with Gasteiger partial charge in [0.25, 0.3) is 5.91 Å². The van der Waals surface area contributed by atoms with Gasteiger partial charge in [-0.2, -0.15) is 0 Å². The van der Waals surface area contributed by atoms with Gasteiger partial charge in [0.15, 0.2) is 0 Å². The van der Waals surface area contributed by atoms with Crippen molar-refractivity contribution in [1.82, 2.24) is 5.32 Å². The molecule has 2 N–H and O–H groups in total. The number of halogens is 1. The normalized spacial score (nSPS) is 10.6. The highest BCUT2D eigenvalue weighted by Gasteiger charge is 2.18. The number of amides is 1. The molecule has 0 atom stereocenters. The number of aliphatic carboxylic acids is 1. The Kier molecular flexibility index (Phi) is 4.97. The second kappa shape index (κ2) is 6.74. The minimum atomic E-state index is -0.930. The molecular weight excluding hydrogens is 354 g/mol. The first-order valence-corrected chi connectivity index (χ1v) is 7.42. The molecular formula is C15H14BrNO5. The lowest BCUT2D eigenvalue weighted by Gasteiger charge is -2.08. The molecule has 0 saturated heterocycles. The molecule has 1 aromatic heterocycles. The second-order valence-electron chi connectivity index (χ2n) is 4.78. The molecule has 0 radical (unpaired) electrons. The highest BCUT2D eigenvalue weighted by atomic mass is 79.9. The van der Waals surface area contributed by atoms with Crippen LogP contribution in [0.1, 0.15) is 28.8 Å². The third-order valence-corrected chi connectivity index (χ3v) is 3.70. The van der Waals surface area contributed by atoms with E-state index < -0.39 is 17.5 Å². The smallest absolute Gasteiger partial charge is 0.349 e. The molecule has 116 valence electrons. The summed E-state index contributed by atoms with van der Waals surface area (Å²) >= 11 is 3.34. The van der Waals surface area contributed by atoms with Gasteiger partial charge in [-0.05, 0) is 37.1 Å². The van der Waals surface area contributed by atoms with Crippen LogP contribution < -0.4 is 10.9 Å². The zero-order valence-electron chi connectivity index (χ0n) is 11.8. The van der Waals surface area contributed by atoms with Crippen LogP contribution in [0.4, 0.5) is 0 Å². The van der Waals surface area contributed by atoms with Gasteiger partial charge in [-0.3, -0.25) is 9.59 Å². The summed E-state index contributed by atoms with van der Waals surface area (Å²) in [6.07, 6.45) is 0.253. The van der Waals surface area contributed by atoms with Gasteiger partial charge in [-0.25, -0.2) is 4.79 Å². The Balaban J connectivity index is 2.28. The van der Waals surface area contributed by atoms with E-state index in [0.29, 0.717) is 23.0 Å². The van der Waals surface area contributed by atoms with Crippen molar-refractivity contribution in [1.29, 1.82) is 0 Å². The second-order valence-corrected chi connectivity index (χ2v) is 5.70. The number of rotatable bonds is 5. The van der Waals surface area contributed by atoms with Gasteiger partial charge >= 0.3 is 11.6 Å². The number of carbonyl (C=O) groups excluding carboxylic acids is 1. The van der Waals surface area contributed by atoms with Crippen LogP contribution >= 0.6 is 15.9 Å². The Hall–Kier alpha value is -2.15. The first kappa shape index (κ1) is 16.2. The van der Waals surface area contributed by atoms with Crippen molar-refractivity contribution in [3.63, 3.8) is 0 Å². The number of benzene rings is 1. The molecule has 7 heteroatoms. The molecule has 2 aromatic rings. The van der Waals surface area contributed by atoms with E-state index in [1.807, 2.05) is 0 Å². The van der Waals surface area contributed by atoms with E-state index in [9.17, 15) is 14.4 Å². The number of carboxylic acids is 1. The van der Waals surface area contributed by atoms with Gasteiger partial charge < -0.3 is 14.8 Å². The predicted octanol–water partition coefficient (Wildman–Crippen LogP) is 2.46. The zero-order valence-corrected chi connectivity index (χ0v) is 13.4. The molecule has 0 aliphatic heterocycles. The quantitative estimate of drug-likeness (QED) is 0.624. The summed E-state index contributed by atoms with van der Waals surface area (Å²) in [6, 6.07) is 5.17. The number of carboxylic acid groups (broad SMARTS) is 1. The summed E-state index contributed by atoms with van der Waals surface area (Å²) < 4.78 is 5.97. The summed E-state index contributed by atoms with van der Waals surface area (Å²) in [5, 5.41) is 11.8. The fraction of sp³-hybridized carbons (Fsp3) is 0.267. The minimum Gasteiger partial charge on any atom is -0.481 e. The molecule has 0 unspecified atom stereocenters. The topological polar surface area (TPSA) is 96.6 Å². The van der Waals surface area contributed by atoms with Crippen molar-refractivity contribution in [2.24, 2.45) is 0 Å². The fourth-order valence-electron chi connectivity index (χ4n) is 2.12. The summed E-state index contributed by atoms with van der Waals surface area (Å²) in [4.78, 5) is 34.5. The van der Waals surface area contributed by atoms with Gasteiger partial charge in [0.1, 0.15) is 11.1 Å². The Morgan fingerprint density at radius 1 is 1.36 bits per heavy atom. The molecule has 1 aromatic carbocycles. The van der Waals surface area contributed by atoms with Crippen molar-refractivity contribution in [3.05, 3.63) is 44.2 Å². The van der Waals surface area contributed by atoms with Gasteiger partial charge in [0, 0.05) is 22.8 Å². The van der Waals surface area contributed by atoms with Crippen molar-refractivity contribution in [2.45, 2.75) is 19.8 Å². The van der Waals surface area contributed by atoms with Crippen LogP contribution in [-0.4, -0.2) is 23.5 Å². The van der Waals surface area contributed by atoms with Crippen LogP contribution in [0.2, 0.25) is 0 Å². The Morgan fingerprint density at radius 3 is 2.77 bits per heavy atom. The highest BCUT2D eigenvalue weighted by molar-refractivity contribution is 9.10. The highest BCUT2D eigenvalue weighted by Crippen LogP contribution is 2.23. The maximum absolute atomic E-state index is 12.1. The maximum atomic E-state index is 12.1. The molecule has 0 saturated carbocycles. The third-order valence-electron chi connectivity index (χ3n) is 3.21. The number of hydrogen-bond acceptors (Lipinski definition) is 4. The molecule has 6 nitrogen and oxygen atoms in total. The van der Waals surface area contributed by atoms with E-state index >= 15 is 0 Å². The first-order valence-electron chi connectivity index (χ1n) is 6.63. The SMILES string of the molecule is Cc1c(C(=O)NCCCC(=O)O)c(=O)oc2ccc(Br)cc12. The number of hydrogen-bond donors (Lipinski definition) is 2. The lowest BCUT2D eigenvalue weighted by atomic mass is 10.1. The van der Waals surface area contributed by atoms with Crippen molar-refractivity contribution >= 4 is 38.8 Å². The van der Waals surface area contributed by atoms with Crippen LogP contribution in [0, 0.1) is 6.92 Å². The maximum Gasteiger partial charge on any atom is 0.349 e. The summed E-state index contributed by atoms with van der Waals surface area (Å²) in [6.45, 7) is 1.86. The van der Waals surface area contributed by atoms with Crippen molar-refractivity contribution in [2.75, 3.05) is 6.54 Å². The number of carbonyl (C=O) groups is 2. The molecule has 1 heterocycles. The summed E-state index contributed by atoms with van der Waals surface area (Å²) in [5.74, 6) is -1.49. The van der Waals surface area contributed by atoms with E-state index in [0.717, 1.165) is 4.47 Å². The Morgan fingerprint density at radius 2 is 2.09 bits per heavy atom. The van der Waals surface area contributed by atoms with Gasteiger partial charge in [-0.15, -0.1) is 0 Å². The molecule has 0 aliphatic carbocycles. The summed E-state index contributed by atoms with van der Waals surface area (Å²) in [7, 11) is 0. The number of nitrogens with one attached hydrogen (secondary N) is 1. The van der Waals surface area contributed by atoms with E-state index in [1.54, 1.807) is 25.1 Å².